The van der Waals surface area contributed by atoms with E-state index in [1.54, 1.807) is 0 Å². The number of halogens is 1. The first-order valence-electron chi connectivity index (χ1n) is 5.50. The van der Waals surface area contributed by atoms with Crippen molar-refractivity contribution in [2.24, 2.45) is 0 Å². The number of rotatable bonds is 0. The van der Waals surface area contributed by atoms with E-state index in [4.69, 9.17) is 11.6 Å². The van der Waals surface area contributed by atoms with Gasteiger partial charge in [-0.15, -0.1) is 0 Å². The van der Waals surface area contributed by atoms with Crippen LogP contribution in [0.2, 0.25) is 5.02 Å². The topological polar surface area (TPSA) is 17.0 Å². The molecule has 2 nitrogen and oxygen atoms in total. The molecule has 0 atom stereocenters. The Morgan fingerprint density at radius 1 is 1.06 bits per heavy atom. The standard InChI is InChI=1S/C14H9ClN2/c15-9-4-5-13-11(8-9)10-2-1-3-12-14(10)17(13)7-6-16-12/h1-8,16H. The molecule has 1 aliphatic heterocycles. The lowest BCUT2D eigenvalue weighted by Crippen LogP contribution is -1.98. The summed E-state index contributed by atoms with van der Waals surface area (Å²) in [5.74, 6) is 0. The molecular formula is C14H9ClN2. The minimum atomic E-state index is 0.776. The molecule has 0 aliphatic carbocycles. The van der Waals surface area contributed by atoms with E-state index < -0.39 is 0 Å². The SMILES string of the molecule is Clc1ccc2c(c1)c1cccc3c1n2C=CN3. The van der Waals surface area contributed by atoms with Gasteiger partial charge in [0.15, 0.2) is 0 Å². The van der Waals surface area contributed by atoms with E-state index in [0.717, 1.165) is 10.7 Å². The molecule has 3 aromatic rings. The second kappa shape index (κ2) is 3.05. The summed E-state index contributed by atoms with van der Waals surface area (Å²) in [5, 5.41) is 6.47. The summed E-state index contributed by atoms with van der Waals surface area (Å²) in [4.78, 5) is 0. The fourth-order valence-corrected chi connectivity index (χ4v) is 2.72. The molecule has 0 fully saturated rings. The van der Waals surface area contributed by atoms with Crippen molar-refractivity contribution in [3.05, 3.63) is 47.6 Å². The van der Waals surface area contributed by atoms with Crippen LogP contribution in [0.3, 0.4) is 0 Å². The van der Waals surface area contributed by atoms with Gasteiger partial charge in [0, 0.05) is 28.2 Å². The molecule has 2 aromatic carbocycles. The maximum Gasteiger partial charge on any atom is 0.0772 e. The van der Waals surface area contributed by atoms with Gasteiger partial charge in [-0.25, -0.2) is 0 Å². The van der Waals surface area contributed by atoms with Crippen LogP contribution in [-0.4, -0.2) is 4.57 Å². The number of aromatic nitrogens is 1. The maximum absolute atomic E-state index is 6.08. The second-order valence-electron chi connectivity index (χ2n) is 4.19. The molecule has 1 N–H and O–H groups in total. The normalized spacial score (nSPS) is 13.2. The van der Waals surface area contributed by atoms with Crippen molar-refractivity contribution in [1.82, 2.24) is 4.57 Å². The zero-order chi connectivity index (χ0) is 11.4. The number of para-hydroxylation sites is 1. The van der Waals surface area contributed by atoms with Crippen LogP contribution in [0.5, 0.6) is 0 Å². The molecule has 0 amide bonds. The van der Waals surface area contributed by atoms with Crippen molar-refractivity contribution in [3.8, 4) is 0 Å². The van der Waals surface area contributed by atoms with Gasteiger partial charge in [-0.3, -0.25) is 0 Å². The van der Waals surface area contributed by atoms with Gasteiger partial charge in [0.1, 0.15) is 0 Å². The van der Waals surface area contributed by atoms with Gasteiger partial charge in [-0.05, 0) is 24.3 Å². The summed E-state index contributed by atoms with van der Waals surface area (Å²) in [6.45, 7) is 0. The number of anilines is 1. The van der Waals surface area contributed by atoms with Crippen molar-refractivity contribution in [3.63, 3.8) is 0 Å². The smallest absolute Gasteiger partial charge is 0.0772 e. The highest BCUT2D eigenvalue weighted by atomic mass is 35.5. The third-order valence-electron chi connectivity index (χ3n) is 3.25. The predicted octanol–water partition coefficient (Wildman–Crippen LogP) is 4.30. The van der Waals surface area contributed by atoms with Crippen LogP contribution >= 0.6 is 11.6 Å². The van der Waals surface area contributed by atoms with Crippen molar-refractivity contribution in [1.29, 1.82) is 0 Å². The lowest BCUT2D eigenvalue weighted by Gasteiger charge is -2.11. The number of benzene rings is 2. The quantitative estimate of drug-likeness (QED) is 0.620. The summed E-state index contributed by atoms with van der Waals surface area (Å²) in [6.07, 6.45) is 4.00. The lowest BCUT2D eigenvalue weighted by molar-refractivity contribution is 1.26. The van der Waals surface area contributed by atoms with Crippen LogP contribution in [0.4, 0.5) is 5.69 Å². The van der Waals surface area contributed by atoms with Crippen molar-refractivity contribution in [2.75, 3.05) is 5.32 Å². The second-order valence-corrected chi connectivity index (χ2v) is 4.63. The van der Waals surface area contributed by atoms with Gasteiger partial charge in [0.2, 0.25) is 0 Å². The van der Waals surface area contributed by atoms with Crippen LogP contribution in [0.15, 0.2) is 42.6 Å². The highest BCUT2D eigenvalue weighted by Crippen LogP contribution is 2.36. The molecular weight excluding hydrogens is 232 g/mol. The Bertz CT molecular complexity index is 784. The first kappa shape index (κ1) is 9.14. The highest BCUT2D eigenvalue weighted by molar-refractivity contribution is 6.32. The van der Waals surface area contributed by atoms with Gasteiger partial charge >= 0.3 is 0 Å². The van der Waals surface area contributed by atoms with Gasteiger partial charge in [-0.2, -0.15) is 0 Å². The summed E-state index contributed by atoms with van der Waals surface area (Å²) in [5.41, 5.74) is 3.54. The molecule has 1 aliphatic rings. The first-order chi connectivity index (χ1) is 8.34. The number of fused-ring (bicyclic) bond motifs is 3. The molecule has 0 saturated heterocycles. The van der Waals surface area contributed by atoms with E-state index in [0.29, 0.717) is 0 Å². The monoisotopic (exact) mass is 240 g/mol. The van der Waals surface area contributed by atoms with E-state index >= 15 is 0 Å². The molecule has 4 rings (SSSR count). The molecule has 17 heavy (non-hydrogen) atoms. The number of hydrogen-bond acceptors (Lipinski definition) is 1. The minimum Gasteiger partial charge on any atom is -0.359 e. The van der Waals surface area contributed by atoms with Crippen LogP contribution in [0.25, 0.3) is 28.0 Å². The van der Waals surface area contributed by atoms with Gasteiger partial charge in [0.05, 0.1) is 16.7 Å². The summed E-state index contributed by atoms with van der Waals surface area (Å²) in [7, 11) is 0. The molecule has 1 aromatic heterocycles. The fraction of sp³-hybridized carbons (Fsp3) is 0. The Hall–Kier alpha value is -1.93. The zero-order valence-electron chi connectivity index (χ0n) is 8.94. The Morgan fingerprint density at radius 2 is 2.00 bits per heavy atom. The Labute approximate surface area is 103 Å². The number of hydrogen-bond donors (Lipinski definition) is 1. The van der Waals surface area contributed by atoms with Crippen LogP contribution in [0, 0.1) is 0 Å². The van der Waals surface area contributed by atoms with Crippen LogP contribution < -0.4 is 5.32 Å². The summed E-state index contributed by atoms with van der Waals surface area (Å²) in [6, 6.07) is 12.3. The van der Waals surface area contributed by atoms with Gasteiger partial charge in [0.25, 0.3) is 0 Å². The van der Waals surface area contributed by atoms with E-state index in [-0.39, 0.29) is 0 Å². The molecule has 0 bridgehead atoms. The molecule has 82 valence electrons. The van der Waals surface area contributed by atoms with Gasteiger partial charge in [-0.1, -0.05) is 23.7 Å². The largest absolute Gasteiger partial charge is 0.359 e. The zero-order valence-corrected chi connectivity index (χ0v) is 9.70. The summed E-state index contributed by atoms with van der Waals surface area (Å²) >= 11 is 6.08. The average molecular weight is 241 g/mol. The minimum absolute atomic E-state index is 0.776. The van der Waals surface area contributed by atoms with Crippen molar-refractivity contribution < 1.29 is 0 Å². The number of nitrogens with one attached hydrogen (secondary N) is 1. The Kier molecular flexibility index (Phi) is 1.64. The first-order valence-corrected chi connectivity index (χ1v) is 5.88. The van der Waals surface area contributed by atoms with E-state index in [2.05, 4.69) is 34.1 Å². The Balaban J connectivity index is 2.36. The van der Waals surface area contributed by atoms with Crippen molar-refractivity contribution >= 4 is 45.3 Å². The maximum atomic E-state index is 6.08. The van der Waals surface area contributed by atoms with Crippen LogP contribution in [0.1, 0.15) is 0 Å². The molecule has 0 spiro atoms. The Morgan fingerprint density at radius 3 is 2.94 bits per heavy atom. The molecule has 0 unspecified atom stereocenters. The molecule has 2 heterocycles. The number of nitrogens with zero attached hydrogens (tertiary/aromatic N) is 1. The average Bonchev–Trinajstić information content (AvgIpc) is 2.67. The fourth-order valence-electron chi connectivity index (χ4n) is 2.55. The van der Waals surface area contributed by atoms with Crippen molar-refractivity contribution in [2.45, 2.75) is 0 Å². The lowest BCUT2D eigenvalue weighted by atomic mass is 10.1. The van der Waals surface area contributed by atoms with E-state index in [1.165, 1.54) is 21.8 Å². The van der Waals surface area contributed by atoms with Gasteiger partial charge < -0.3 is 9.88 Å². The summed E-state index contributed by atoms with van der Waals surface area (Å²) < 4.78 is 2.20. The molecule has 0 radical (unpaired) electrons. The van der Waals surface area contributed by atoms with Crippen LogP contribution in [-0.2, 0) is 0 Å². The van der Waals surface area contributed by atoms with E-state index in [9.17, 15) is 0 Å². The third kappa shape index (κ3) is 1.10. The predicted molar refractivity (Wildman–Crippen MR) is 73.4 cm³/mol. The molecule has 0 saturated carbocycles. The third-order valence-corrected chi connectivity index (χ3v) is 3.48. The molecule has 3 heteroatoms. The van der Waals surface area contributed by atoms with E-state index in [1.807, 2.05) is 24.5 Å². The highest BCUT2D eigenvalue weighted by Gasteiger charge is 2.14.